The van der Waals surface area contributed by atoms with Crippen molar-refractivity contribution in [2.45, 2.75) is 31.5 Å². The summed E-state index contributed by atoms with van der Waals surface area (Å²) in [5, 5.41) is 8.85. The normalized spacial score (nSPS) is 12.3. The third-order valence-electron chi connectivity index (χ3n) is 4.54. The molecule has 5 heteroatoms. The number of rotatable bonds is 5. The predicted molar refractivity (Wildman–Crippen MR) is 100 cm³/mol. The van der Waals surface area contributed by atoms with Gasteiger partial charge in [-0.05, 0) is 48.6 Å². The first kappa shape index (κ1) is 16.1. The quantitative estimate of drug-likeness (QED) is 0.396. The summed E-state index contributed by atoms with van der Waals surface area (Å²) in [5.41, 5.74) is 5.88. The van der Waals surface area contributed by atoms with Gasteiger partial charge >= 0.3 is 0 Å². The van der Waals surface area contributed by atoms with Crippen molar-refractivity contribution < 1.29 is 4.79 Å². The Hall–Kier alpha value is -2.40. The molecule has 0 saturated heterocycles. The van der Waals surface area contributed by atoms with Crippen LogP contribution in [0.25, 0.3) is 11.1 Å². The average molecular weight is 349 g/mol. The van der Waals surface area contributed by atoms with Crippen LogP contribution < -0.4 is 0 Å². The molecule has 0 atom stereocenters. The van der Waals surface area contributed by atoms with Crippen molar-refractivity contribution in [1.82, 2.24) is 14.8 Å². The van der Waals surface area contributed by atoms with Gasteiger partial charge in [0.15, 0.2) is 10.9 Å². The lowest BCUT2D eigenvalue weighted by Gasteiger charge is -2.09. The summed E-state index contributed by atoms with van der Waals surface area (Å²) in [4.78, 5) is 12.6. The first-order valence-electron chi connectivity index (χ1n) is 8.40. The Kier molecular flexibility index (Phi) is 4.17. The molecule has 0 spiro atoms. The summed E-state index contributed by atoms with van der Waals surface area (Å²) in [5.74, 6) is 0.499. The van der Waals surface area contributed by atoms with Crippen LogP contribution in [0.15, 0.2) is 53.9 Å². The van der Waals surface area contributed by atoms with E-state index in [-0.39, 0.29) is 11.8 Å². The van der Waals surface area contributed by atoms with E-state index in [0.717, 1.165) is 17.1 Å². The van der Waals surface area contributed by atoms with Crippen molar-refractivity contribution in [3.63, 3.8) is 0 Å². The van der Waals surface area contributed by atoms with Crippen LogP contribution in [0.2, 0.25) is 0 Å². The third kappa shape index (κ3) is 3.00. The number of carbonyl (C=O) groups is 1. The minimum atomic E-state index is 0.127. The van der Waals surface area contributed by atoms with Crippen LogP contribution in [0.4, 0.5) is 0 Å². The van der Waals surface area contributed by atoms with Gasteiger partial charge in [-0.15, -0.1) is 10.2 Å². The van der Waals surface area contributed by atoms with Crippen LogP contribution in [-0.2, 0) is 6.42 Å². The minimum Gasteiger partial charge on any atom is -0.306 e. The lowest BCUT2D eigenvalue weighted by Crippen LogP contribution is -2.06. The van der Waals surface area contributed by atoms with Crippen molar-refractivity contribution in [3.8, 4) is 11.1 Å². The fourth-order valence-electron chi connectivity index (χ4n) is 3.22. The molecule has 0 saturated carbocycles. The van der Waals surface area contributed by atoms with Gasteiger partial charge in [-0.25, -0.2) is 0 Å². The lowest BCUT2D eigenvalue weighted by molar-refractivity contribution is 0.102. The lowest BCUT2D eigenvalue weighted by atomic mass is 10.0. The Labute approximate surface area is 151 Å². The number of hydrogen-bond donors (Lipinski definition) is 0. The minimum absolute atomic E-state index is 0.127. The standard InChI is InChI=1S/C20H19N3OS/c1-13(2)23-12-21-22-20(23)25-11-19(24)15-7-8-18-16(10-15)9-14-5-3-4-6-17(14)18/h3-8,10,12-13H,9,11H2,1-2H3. The van der Waals surface area contributed by atoms with Crippen LogP contribution >= 0.6 is 11.8 Å². The number of carbonyl (C=O) groups excluding carboxylic acids is 1. The number of hydrogen-bond acceptors (Lipinski definition) is 4. The van der Waals surface area contributed by atoms with Gasteiger partial charge in [0.1, 0.15) is 6.33 Å². The molecule has 0 N–H and O–H groups in total. The third-order valence-corrected chi connectivity index (χ3v) is 5.50. The second-order valence-electron chi connectivity index (χ2n) is 6.53. The fraction of sp³-hybridized carbons (Fsp3) is 0.250. The molecule has 1 heterocycles. The van der Waals surface area contributed by atoms with E-state index >= 15 is 0 Å². The van der Waals surface area contributed by atoms with Crippen molar-refractivity contribution >= 4 is 17.5 Å². The highest BCUT2D eigenvalue weighted by atomic mass is 32.2. The largest absolute Gasteiger partial charge is 0.306 e. The van der Waals surface area contributed by atoms with Crippen molar-refractivity contribution in [2.24, 2.45) is 0 Å². The van der Waals surface area contributed by atoms with Gasteiger partial charge in [-0.1, -0.05) is 48.2 Å². The Morgan fingerprint density at radius 1 is 1.16 bits per heavy atom. The van der Waals surface area contributed by atoms with Crippen molar-refractivity contribution in [3.05, 3.63) is 65.5 Å². The highest BCUT2D eigenvalue weighted by Crippen LogP contribution is 2.36. The fourth-order valence-corrected chi connectivity index (χ4v) is 4.16. The van der Waals surface area contributed by atoms with Gasteiger partial charge in [0.2, 0.25) is 0 Å². The SMILES string of the molecule is CC(C)n1cnnc1SCC(=O)c1ccc2c(c1)Cc1ccccc1-2. The maximum absolute atomic E-state index is 12.6. The molecule has 1 aliphatic carbocycles. The van der Waals surface area contributed by atoms with Gasteiger partial charge in [-0.3, -0.25) is 4.79 Å². The molecular weight excluding hydrogens is 330 g/mol. The van der Waals surface area contributed by atoms with E-state index in [9.17, 15) is 4.79 Å². The molecule has 1 aliphatic rings. The molecule has 1 aromatic heterocycles. The van der Waals surface area contributed by atoms with Gasteiger partial charge in [-0.2, -0.15) is 0 Å². The molecular formula is C20H19N3OS. The molecule has 3 aromatic rings. The molecule has 4 rings (SSSR count). The molecule has 126 valence electrons. The Bertz CT molecular complexity index is 946. The first-order valence-corrected chi connectivity index (χ1v) is 9.39. The van der Waals surface area contributed by atoms with Crippen LogP contribution in [0.5, 0.6) is 0 Å². The summed E-state index contributed by atoms with van der Waals surface area (Å²) in [6, 6.07) is 14.8. The van der Waals surface area contributed by atoms with Crippen molar-refractivity contribution in [2.75, 3.05) is 5.75 Å². The van der Waals surface area contributed by atoms with Gasteiger partial charge in [0, 0.05) is 11.6 Å². The first-order chi connectivity index (χ1) is 12.1. The Morgan fingerprint density at radius 2 is 1.96 bits per heavy atom. The topological polar surface area (TPSA) is 47.8 Å². The summed E-state index contributed by atoms with van der Waals surface area (Å²) >= 11 is 1.45. The van der Waals surface area contributed by atoms with Crippen molar-refractivity contribution in [1.29, 1.82) is 0 Å². The molecule has 0 radical (unpaired) electrons. The van der Waals surface area contributed by atoms with E-state index < -0.39 is 0 Å². The molecule has 0 aliphatic heterocycles. The van der Waals surface area contributed by atoms with E-state index in [1.807, 2.05) is 16.7 Å². The zero-order valence-electron chi connectivity index (χ0n) is 14.3. The maximum Gasteiger partial charge on any atom is 0.191 e. The molecule has 0 fully saturated rings. The number of fused-ring (bicyclic) bond motifs is 3. The van der Waals surface area contributed by atoms with Gasteiger partial charge < -0.3 is 4.57 Å². The smallest absolute Gasteiger partial charge is 0.191 e. The van der Waals surface area contributed by atoms with Crippen LogP contribution in [-0.4, -0.2) is 26.3 Å². The van der Waals surface area contributed by atoms with E-state index in [1.165, 1.54) is 34.0 Å². The van der Waals surface area contributed by atoms with E-state index in [2.05, 4.69) is 54.4 Å². The van der Waals surface area contributed by atoms with E-state index in [0.29, 0.717) is 5.75 Å². The molecule has 0 unspecified atom stereocenters. The number of aromatic nitrogens is 3. The van der Waals surface area contributed by atoms with Gasteiger partial charge in [0.05, 0.1) is 5.75 Å². The monoisotopic (exact) mass is 349 g/mol. The summed E-state index contributed by atoms with van der Waals surface area (Å²) in [7, 11) is 0. The predicted octanol–water partition coefficient (Wildman–Crippen LogP) is 4.41. The second kappa shape index (κ2) is 6.48. The van der Waals surface area contributed by atoms with Gasteiger partial charge in [0.25, 0.3) is 0 Å². The average Bonchev–Trinajstić information content (AvgIpc) is 3.23. The Morgan fingerprint density at radius 3 is 2.80 bits per heavy atom. The van der Waals surface area contributed by atoms with E-state index in [4.69, 9.17) is 0 Å². The zero-order chi connectivity index (χ0) is 17.4. The second-order valence-corrected chi connectivity index (χ2v) is 7.47. The highest BCUT2D eigenvalue weighted by molar-refractivity contribution is 7.99. The molecule has 0 bridgehead atoms. The zero-order valence-corrected chi connectivity index (χ0v) is 15.1. The van der Waals surface area contributed by atoms with Crippen LogP contribution in [0, 0.1) is 0 Å². The molecule has 2 aromatic carbocycles. The highest BCUT2D eigenvalue weighted by Gasteiger charge is 2.19. The summed E-state index contributed by atoms with van der Waals surface area (Å²) in [6.45, 7) is 4.15. The number of benzene rings is 2. The van der Waals surface area contributed by atoms with Crippen LogP contribution in [0.3, 0.4) is 0 Å². The molecule has 4 nitrogen and oxygen atoms in total. The number of Topliss-reactive ketones (excluding diaryl/α,β-unsaturated/α-hetero) is 1. The van der Waals surface area contributed by atoms with E-state index in [1.54, 1.807) is 6.33 Å². The summed E-state index contributed by atoms with van der Waals surface area (Å²) in [6.07, 6.45) is 2.62. The summed E-state index contributed by atoms with van der Waals surface area (Å²) < 4.78 is 1.98. The molecule has 25 heavy (non-hydrogen) atoms. The number of ketones is 1. The number of thioether (sulfide) groups is 1. The number of nitrogens with zero attached hydrogens (tertiary/aromatic N) is 3. The van der Waals surface area contributed by atoms with Crippen LogP contribution in [0.1, 0.15) is 41.4 Å². The molecule has 0 amide bonds. The maximum atomic E-state index is 12.6. The Balaban J connectivity index is 1.50.